The Morgan fingerprint density at radius 2 is 0.833 bits per heavy atom. The summed E-state index contributed by atoms with van der Waals surface area (Å²) in [6, 6.07) is 0. The Balaban J connectivity index is 0.00000523. The third-order valence-corrected chi connectivity index (χ3v) is 21.3. The van der Waals surface area contributed by atoms with Crippen LogP contribution in [0.1, 0.15) is 93.4 Å². The number of carbonyl (C=O) groups excluding carboxylic acids is 1. The van der Waals surface area contributed by atoms with Gasteiger partial charge in [0.2, 0.25) is 6.29 Å². The van der Waals surface area contributed by atoms with Gasteiger partial charge in [0.1, 0.15) is 134 Å². The van der Waals surface area contributed by atoms with E-state index in [4.69, 9.17) is 56.8 Å². The molecule has 0 aromatic rings. The van der Waals surface area contributed by atoms with Crippen molar-refractivity contribution in [2.24, 2.45) is 28.1 Å². The van der Waals surface area contributed by atoms with Crippen LogP contribution in [0.3, 0.4) is 0 Å². The molecule has 6 aliphatic heterocycles. The quantitative estimate of drug-likeness (QED) is 0.0365. The number of hydrogen-bond acceptors (Lipinski definition) is 32. The van der Waals surface area contributed by atoms with E-state index in [0.29, 0.717) is 50.5 Å². The van der Waals surface area contributed by atoms with Crippen LogP contribution in [0.2, 0.25) is 0 Å². The normalized spacial score (nSPS) is 53.7. The predicted molar refractivity (Wildman–Crippen MR) is 296 cm³/mol. The molecule has 36 atom stereocenters. The molecule has 4 saturated carbocycles. The van der Waals surface area contributed by atoms with Gasteiger partial charge in [-0.3, -0.25) is 4.79 Å². The van der Waals surface area contributed by atoms with Gasteiger partial charge < -0.3 is 154 Å². The number of carbonyl (C=O) groups is 1. The van der Waals surface area contributed by atoms with Crippen LogP contribution in [0.4, 0.5) is 0 Å². The van der Waals surface area contributed by atoms with Crippen LogP contribution in [-0.4, -0.2) is 326 Å². The lowest BCUT2D eigenvalue weighted by molar-refractivity contribution is -0.398. The number of ether oxygens (including phenoxy) is 12. The third-order valence-electron chi connectivity index (χ3n) is 21.3. The molecule has 0 amide bonds. The van der Waals surface area contributed by atoms with Gasteiger partial charge in [-0.1, -0.05) is 34.8 Å². The van der Waals surface area contributed by atoms with Gasteiger partial charge in [0.15, 0.2) is 37.6 Å². The molecule has 10 fully saturated rings. The van der Waals surface area contributed by atoms with Crippen LogP contribution in [0.5, 0.6) is 0 Å². The van der Waals surface area contributed by atoms with Crippen LogP contribution in [0, 0.1) is 28.1 Å². The molecular weight excluding hydrogens is 1210 g/mol. The van der Waals surface area contributed by atoms with Gasteiger partial charge in [-0.2, -0.15) is 0 Å². The van der Waals surface area contributed by atoms with Crippen LogP contribution in [0.15, 0.2) is 12.2 Å². The first-order valence-electron chi connectivity index (χ1n) is 30.3. The molecule has 32 nitrogen and oxygen atoms in total. The minimum Gasteiger partial charge on any atom is -0.432 e. The molecule has 0 aromatic carbocycles. The highest BCUT2D eigenvalue weighted by molar-refractivity contribution is 5.77. The molecule has 19 N–H and O–H groups in total. The maximum atomic E-state index is 15.4. The van der Waals surface area contributed by atoms with Crippen LogP contribution in [0.25, 0.3) is 0 Å². The number of aliphatic hydroxyl groups is 19. The van der Waals surface area contributed by atoms with Crippen molar-refractivity contribution in [2.75, 3.05) is 33.0 Å². The SMILES string of the molecule is C.C.C=C1C[C@@]23CCC4[C@](C)(C(=O)O[C@@H]5OC(CO)[C@@H](O)[C@H](O[C@@H]6OC(CO)[C@@H](O)[C@H](O)C6O)C5O[C@@H]5O[C@@H](CO)[C@@H](O)C(O)C5O)CCC[C@@]4(C)[C@@H]2CCC1(O[C@@H]1OC(CO)[C@@H](O)[C@H](O[C@@H]2OC(CO)[C@@H](O)[C@H](O)C2O)C1O[C@@H]1OC(C)[C@H](O)[C@H](O)C1O)C3. The van der Waals surface area contributed by atoms with E-state index in [1.807, 2.05) is 0 Å². The Bertz CT molecular complexity index is 2380. The van der Waals surface area contributed by atoms with Gasteiger partial charge in [0.05, 0.1) is 50.2 Å². The van der Waals surface area contributed by atoms with Gasteiger partial charge in [0.25, 0.3) is 0 Å². The van der Waals surface area contributed by atoms with Crippen LogP contribution < -0.4 is 0 Å². The molecular formula is C58H98O32. The Morgan fingerprint density at radius 1 is 0.456 bits per heavy atom. The highest BCUT2D eigenvalue weighted by Gasteiger charge is 2.70. The summed E-state index contributed by atoms with van der Waals surface area (Å²) in [7, 11) is 0. The smallest absolute Gasteiger partial charge is 0.314 e. The first-order chi connectivity index (χ1) is 41.6. The van der Waals surface area contributed by atoms with Gasteiger partial charge in [-0.15, -0.1) is 0 Å². The highest BCUT2D eigenvalue weighted by Crippen LogP contribution is 2.74. The van der Waals surface area contributed by atoms with Gasteiger partial charge in [-0.25, -0.2) is 0 Å². The molecule has 2 bridgehead atoms. The Labute approximate surface area is 519 Å². The number of aliphatic hydroxyl groups excluding tert-OH is 19. The van der Waals surface area contributed by atoms with Gasteiger partial charge >= 0.3 is 5.97 Å². The molecule has 90 heavy (non-hydrogen) atoms. The van der Waals surface area contributed by atoms with Crippen molar-refractivity contribution < 1.29 is 159 Å². The molecule has 0 aromatic heterocycles. The maximum Gasteiger partial charge on any atom is 0.314 e. The van der Waals surface area contributed by atoms with Crippen LogP contribution in [-0.2, 0) is 61.6 Å². The van der Waals surface area contributed by atoms with E-state index in [0.717, 1.165) is 0 Å². The van der Waals surface area contributed by atoms with Crippen molar-refractivity contribution in [3.05, 3.63) is 12.2 Å². The summed E-state index contributed by atoms with van der Waals surface area (Å²) in [5, 5.41) is 205. The van der Waals surface area contributed by atoms with E-state index < -0.39 is 251 Å². The van der Waals surface area contributed by atoms with E-state index >= 15 is 4.79 Å². The average Bonchev–Trinajstić information content (AvgIpc) is 1.40. The summed E-state index contributed by atoms with van der Waals surface area (Å²) >= 11 is 0. The summed E-state index contributed by atoms with van der Waals surface area (Å²) in [5.41, 5.74) is -3.10. The van der Waals surface area contributed by atoms with Crippen molar-refractivity contribution in [2.45, 2.75) is 283 Å². The second kappa shape index (κ2) is 28.6. The molecule has 522 valence electrons. The standard InChI is InChI=1S/C56H90O32.2CH4/c1-19-12-55-10-6-26-53(3,27(55)7-11-56(19,18-55)88-51-45(86-46-38(72)34(68)28(62)20(2)77-46)43(33(67)25(17-61)82-51)84-48-40(74)36(70)30(64)22(14-58)79-48)8-5-9-54(26,4)52(76)87-50-44(85-49-41(75)37(71)31(65)23(15-59)80-49)42(32(66)24(16-60)81-50)83-47-39(73)35(69)29(63)21(13-57)78-47;;/h20-51,57-75H,1,5-18H2,2-4H3;2*1H4/t20?,21?,22?,23-,24?,25?,26?,27-,28-,29+,30+,31+,32+,33+,34-,35-,36-,37?,38?,39?,40?,41?,42-,43-,44?,45?,46-,47-,48-,49-,50-,51-,53+,54+,55+,56?;;/m0../s1. The molecule has 10 aliphatic rings. The van der Waals surface area contributed by atoms with Crippen LogP contribution >= 0.6 is 0 Å². The van der Waals surface area contributed by atoms with Gasteiger partial charge in [0, 0.05) is 0 Å². The van der Waals surface area contributed by atoms with Crippen molar-refractivity contribution in [1.29, 1.82) is 0 Å². The minimum absolute atomic E-state index is 0. The first-order valence-corrected chi connectivity index (χ1v) is 30.3. The summed E-state index contributed by atoms with van der Waals surface area (Å²) in [6.45, 7) is 5.42. The Morgan fingerprint density at radius 3 is 1.29 bits per heavy atom. The zero-order valence-electron chi connectivity index (χ0n) is 48.9. The first kappa shape index (κ1) is 73.8. The largest absolute Gasteiger partial charge is 0.432 e. The van der Waals surface area contributed by atoms with E-state index in [2.05, 4.69) is 13.5 Å². The summed E-state index contributed by atoms with van der Waals surface area (Å²) < 4.78 is 73.2. The topological polar surface area (TPSA) is 512 Å². The van der Waals surface area contributed by atoms with Crippen molar-refractivity contribution in [3.8, 4) is 0 Å². The monoisotopic (exact) mass is 1310 g/mol. The highest BCUT2D eigenvalue weighted by atomic mass is 16.8. The fourth-order valence-electron chi connectivity index (χ4n) is 16.4. The zero-order chi connectivity index (χ0) is 64.0. The minimum atomic E-state index is -2.07. The number of hydrogen-bond donors (Lipinski definition) is 19. The lowest BCUT2D eigenvalue weighted by Crippen LogP contribution is -2.68. The Hall–Kier alpha value is -1.99. The second-order valence-electron chi connectivity index (χ2n) is 26.4. The molecule has 0 radical (unpaired) electrons. The molecule has 10 rings (SSSR count). The van der Waals surface area contributed by atoms with Crippen molar-refractivity contribution >= 4 is 5.97 Å². The molecule has 14 unspecified atom stereocenters. The lowest BCUT2D eigenvalue weighted by atomic mass is 9.41. The number of fused-ring (bicyclic) bond motifs is 3. The van der Waals surface area contributed by atoms with E-state index in [-0.39, 0.29) is 33.6 Å². The molecule has 6 saturated heterocycles. The third kappa shape index (κ3) is 12.8. The van der Waals surface area contributed by atoms with Gasteiger partial charge in [-0.05, 0) is 93.5 Å². The Kier molecular flexibility index (Phi) is 23.5. The molecule has 4 aliphatic carbocycles. The second-order valence-corrected chi connectivity index (χ2v) is 26.4. The average molecular weight is 1310 g/mol. The molecule has 6 heterocycles. The van der Waals surface area contributed by atoms with Crippen molar-refractivity contribution in [3.63, 3.8) is 0 Å². The van der Waals surface area contributed by atoms with E-state index in [9.17, 15) is 97.0 Å². The zero-order valence-corrected chi connectivity index (χ0v) is 48.9. The molecule has 1 spiro atoms. The summed E-state index contributed by atoms with van der Waals surface area (Å²) in [4.78, 5) is 15.4. The van der Waals surface area contributed by atoms with E-state index in [1.54, 1.807) is 6.92 Å². The number of rotatable bonds is 17. The molecule has 32 heteroatoms. The predicted octanol–water partition coefficient (Wildman–Crippen LogP) is -7.17. The van der Waals surface area contributed by atoms with E-state index in [1.165, 1.54) is 6.92 Å². The van der Waals surface area contributed by atoms with Crippen molar-refractivity contribution in [1.82, 2.24) is 0 Å². The lowest BCUT2D eigenvalue weighted by Gasteiger charge is -2.64. The summed E-state index contributed by atoms with van der Waals surface area (Å²) in [6.07, 6.45) is -50.1. The summed E-state index contributed by atoms with van der Waals surface area (Å²) in [5.74, 6) is -1.38. The fraction of sp³-hybridized carbons (Fsp3) is 0.948. The number of esters is 1. The maximum absolute atomic E-state index is 15.4. The fourth-order valence-corrected chi connectivity index (χ4v) is 16.4.